The molecule has 5 heteroatoms. The molecule has 0 spiro atoms. The Bertz CT molecular complexity index is 716. The van der Waals surface area contributed by atoms with E-state index >= 15 is 0 Å². The summed E-state index contributed by atoms with van der Waals surface area (Å²) >= 11 is 6.04. The van der Waals surface area contributed by atoms with Gasteiger partial charge in [-0.1, -0.05) is 29.8 Å². The van der Waals surface area contributed by atoms with E-state index in [4.69, 9.17) is 16.3 Å². The van der Waals surface area contributed by atoms with Crippen molar-refractivity contribution in [2.45, 2.75) is 44.4 Å². The Kier molecular flexibility index (Phi) is 5.96. The summed E-state index contributed by atoms with van der Waals surface area (Å²) in [7, 11) is 0. The number of benzene rings is 1. The highest BCUT2D eigenvalue weighted by Gasteiger charge is 2.34. The van der Waals surface area contributed by atoms with Gasteiger partial charge in [-0.25, -0.2) is 4.98 Å². The van der Waals surface area contributed by atoms with Gasteiger partial charge >= 0.3 is 0 Å². The van der Waals surface area contributed by atoms with E-state index in [1.807, 2.05) is 24.4 Å². The van der Waals surface area contributed by atoms with Crippen LogP contribution in [-0.4, -0.2) is 54.3 Å². The first kappa shape index (κ1) is 18.7. The van der Waals surface area contributed by atoms with Crippen LogP contribution in [0.15, 0.2) is 48.7 Å². The van der Waals surface area contributed by atoms with Crippen molar-refractivity contribution in [2.75, 3.05) is 31.1 Å². The number of morpholine rings is 1. The third kappa shape index (κ3) is 4.63. The molecular weight excluding hydrogens is 358 g/mol. The van der Waals surface area contributed by atoms with Gasteiger partial charge in [0.15, 0.2) is 0 Å². The quantitative estimate of drug-likeness (QED) is 0.794. The number of pyridine rings is 1. The summed E-state index contributed by atoms with van der Waals surface area (Å²) in [6, 6.07) is 15.5. The number of hydrogen-bond acceptors (Lipinski definition) is 4. The van der Waals surface area contributed by atoms with Gasteiger partial charge < -0.3 is 9.64 Å². The van der Waals surface area contributed by atoms with Gasteiger partial charge in [-0.3, -0.25) is 4.90 Å². The Labute approximate surface area is 167 Å². The molecule has 144 valence electrons. The van der Waals surface area contributed by atoms with Crippen LogP contribution in [-0.2, 0) is 11.2 Å². The van der Waals surface area contributed by atoms with Crippen molar-refractivity contribution in [1.29, 1.82) is 0 Å². The Balaban J connectivity index is 1.41. The molecule has 3 heterocycles. The van der Waals surface area contributed by atoms with Crippen molar-refractivity contribution in [3.8, 4) is 0 Å². The summed E-state index contributed by atoms with van der Waals surface area (Å²) in [5, 5.41) is 0.797. The molecule has 2 aliphatic heterocycles. The molecule has 4 rings (SSSR count). The number of aromatic nitrogens is 1. The molecule has 1 aromatic heterocycles. The Morgan fingerprint density at radius 1 is 1.11 bits per heavy atom. The smallest absolute Gasteiger partial charge is 0.128 e. The zero-order chi connectivity index (χ0) is 18.6. The summed E-state index contributed by atoms with van der Waals surface area (Å²) in [5.41, 5.74) is 1.33. The second-order valence-electron chi connectivity index (χ2n) is 7.73. The van der Waals surface area contributed by atoms with Gasteiger partial charge in [0, 0.05) is 42.9 Å². The Morgan fingerprint density at radius 2 is 1.89 bits per heavy atom. The van der Waals surface area contributed by atoms with Gasteiger partial charge in [-0.2, -0.15) is 0 Å². The zero-order valence-electron chi connectivity index (χ0n) is 15.9. The number of anilines is 1. The molecule has 0 unspecified atom stereocenters. The Morgan fingerprint density at radius 3 is 2.59 bits per heavy atom. The van der Waals surface area contributed by atoms with Crippen LogP contribution in [0.3, 0.4) is 0 Å². The lowest BCUT2D eigenvalue weighted by Crippen LogP contribution is -2.56. The van der Waals surface area contributed by atoms with Crippen LogP contribution in [0, 0.1) is 0 Å². The van der Waals surface area contributed by atoms with E-state index in [2.05, 4.69) is 46.0 Å². The van der Waals surface area contributed by atoms with Gasteiger partial charge in [0.05, 0.1) is 12.7 Å². The van der Waals surface area contributed by atoms with Crippen molar-refractivity contribution in [1.82, 2.24) is 9.88 Å². The van der Waals surface area contributed by atoms with Crippen molar-refractivity contribution in [3.63, 3.8) is 0 Å². The molecule has 4 nitrogen and oxygen atoms in total. The standard InChI is InChI=1S/C22H28ClN3O/c1-17-15-26(21(16-27-17)14-18-5-7-19(23)8-6-18)20-9-12-25(13-10-20)22-4-2-3-11-24-22/h2-8,11,17,20-21H,9-10,12-16H2,1H3/t17-,21-/m0/s1. The first-order valence-corrected chi connectivity index (χ1v) is 10.3. The monoisotopic (exact) mass is 385 g/mol. The summed E-state index contributed by atoms with van der Waals surface area (Å²) in [6.07, 6.45) is 5.57. The van der Waals surface area contributed by atoms with Crippen molar-refractivity contribution < 1.29 is 4.74 Å². The minimum Gasteiger partial charge on any atom is -0.376 e. The minimum atomic E-state index is 0.306. The molecular formula is C22H28ClN3O. The van der Waals surface area contributed by atoms with Crippen LogP contribution in [0.25, 0.3) is 0 Å². The maximum atomic E-state index is 6.04. The van der Waals surface area contributed by atoms with E-state index in [1.54, 1.807) is 0 Å². The lowest BCUT2D eigenvalue weighted by Gasteiger charge is -2.46. The largest absolute Gasteiger partial charge is 0.376 e. The van der Waals surface area contributed by atoms with E-state index in [9.17, 15) is 0 Å². The van der Waals surface area contributed by atoms with Crippen molar-refractivity contribution >= 4 is 17.4 Å². The highest BCUT2D eigenvalue weighted by atomic mass is 35.5. The molecule has 2 fully saturated rings. The minimum absolute atomic E-state index is 0.306. The van der Waals surface area contributed by atoms with Crippen LogP contribution >= 0.6 is 11.6 Å². The van der Waals surface area contributed by atoms with Crippen LogP contribution in [0.4, 0.5) is 5.82 Å². The van der Waals surface area contributed by atoms with Crippen LogP contribution < -0.4 is 4.90 Å². The number of rotatable bonds is 4. The van der Waals surface area contributed by atoms with Crippen molar-refractivity contribution in [3.05, 3.63) is 59.2 Å². The predicted octanol–water partition coefficient (Wildman–Crippen LogP) is 4.04. The fourth-order valence-electron chi connectivity index (χ4n) is 4.35. The van der Waals surface area contributed by atoms with Crippen LogP contribution in [0.5, 0.6) is 0 Å². The first-order chi connectivity index (χ1) is 13.2. The highest BCUT2D eigenvalue weighted by molar-refractivity contribution is 6.30. The summed E-state index contributed by atoms with van der Waals surface area (Å²) in [6.45, 7) is 6.16. The lowest BCUT2D eigenvalue weighted by molar-refractivity contribution is -0.0745. The Hall–Kier alpha value is -1.62. The SMILES string of the molecule is C[C@H]1CN(C2CCN(c3ccccn3)CC2)[C@@H](Cc2ccc(Cl)cc2)CO1. The molecule has 0 radical (unpaired) electrons. The summed E-state index contributed by atoms with van der Waals surface area (Å²) in [4.78, 5) is 9.63. The topological polar surface area (TPSA) is 28.6 Å². The molecule has 2 atom stereocenters. The number of nitrogens with zero attached hydrogens (tertiary/aromatic N) is 3. The van der Waals surface area contributed by atoms with E-state index in [0.717, 1.165) is 43.5 Å². The number of hydrogen-bond donors (Lipinski definition) is 0. The molecule has 2 aromatic rings. The molecule has 1 aromatic carbocycles. The summed E-state index contributed by atoms with van der Waals surface area (Å²) in [5.74, 6) is 1.10. The number of ether oxygens (including phenoxy) is 1. The first-order valence-electron chi connectivity index (χ1n) is 9.97. The third-order valence-electron chi connectivity index (χ3n) is 5.80. The van der Waals surface area contributed by atoms with E-state index in [0.29, 0.717) is 18.2 Å². The highest BCUT2D eigenvalue weighted by Crippen LogP contribution is 2.26. The molecule has 2 saturated heterocycles. The molecule has 27 heavy (non-hydrogen) atoms. The lowest BCUT2D eigenvalue weighted by atomic mass is 9.96. The van der Waals surface area contributed by atoms with Gasteiger partial charge in [-0.15, -0.1) is 0 Å². The van der Waals surface area contributed by atoms with E-state index in [1.165, 1.54) is 18.4 Å². The molecule has 0 bridgehead atoms. The van der Waals surface area contributed by atoms with Gasteiger partial charge in [0.1, 0.15) is 5.82 Å². The van der Waals surface area contributed by atoms with Crippen LogP contribution in [0.2, 0.25) is 5.02 Å². The second kappa shape index (κ2) is 8.59. The van der Waals surface area contributed by atoms with Gasteiger partial charge in [0.2, 0.25) is 0 Å². The molecule has 0 amide bonds. The summed E-state index contributed by atoms with van der Waals surface area (Å²) < 4.78 is 6.01. The van der Waals surface area contributed by atoms with E-state index < -0.39 is 0 Å². The zero-order valence-corrected chi connectivity index (χ0v) is 16.7. The van der Waals surface area contributed by atoms with Gasteiger partial charge in [-0.05, 0) is 56.0 Å². The second-order valence-corrected chi connectivity index (χ2v) is 8.17. The van der Waals surface area contributed by atoms with Gasteiger partial charge in [0.25, 0.3) is 0 Å². The molecule has 2 aliphatic rings. The van der Waals surface area contributed by atoms with Crippen molar-refractivity contribution in [2.24, 2.45) is 0 Å². The fourth-order valence-corrected chi connectivity index (χ4v) is 4.48. The molecule has 0 N–H and O–H groups in total. The number of piperidine rings is 1. The maximum Gasteiger partial charge on any atom is 0.128 e. The van der Waals surface area contributed by atoms with E-state index in [-0.39, 0.29) is 0 Å². The van der Waals surface area contributed by atoms with Crippen LogP contribution in [0.1, 0.15) is 25.3 Å². The molecule has 0 saturated carbocycles. The fraction of sp³-hybridized carbons (Fsp3) is 0.500. The normalized spacial score (nSPS) is 24.9. The average molecular weight is 386 g/mol. The predicted molar refractivity (Wildman–Crippen MR) is 111 cm³/mol. The third-order valence-corrected chi connectivity index (χ3v) is 6.05. The maximum absolute atomic E-state index is 6.04. The average Bonchev–Trinajstić information content (AvgIpc) is 2.72. The number of halogens is 1. The molecule has 0 aliphatic carbocycles.